The lowest BCUT2D eigenvalue weighted by Crippen LogP contribution is -2.51. The van der Waals surface area contributed by atoms with Gasteiger partial charge in [-0.1, -0.05) is 31.4 Å². The number of urea groups is 1. The average molecular weight is 373 g/mol. The Balaban J connectivity index is 1.58. The monoisotopic (exact) mass is 373 g/mol. The summed E-state index contributed by atoms with van der Waals surface area (Å²) in [5.74, 6) is -1.83. The number of nitrogens with one attached hydrogen (secondary N) is 2. The number of hydrazine groups is 1. The molecule has 8 heteroatoms. The molecule has 1 saturated carbocycles. The van der Waals surface area contributed by atoms with Gasteiger partial charge < -0.3 is 10.1 Å². The Kier molecular flexibility index (Phi) is 5.16. The summed E-state index contributed by atoms with van der Waals surface area (Å²) < 4.78 is 5.02. The van der Waals surface area contributed by atoms with Gasteiger partial charge in [0.05, 0.1) is 5.56 Å². The molecule has 1 aromatic rings. The molecular formula is C19H23N3O5. The maximum absolute atomic E-state index is 12.6. The second kappa shape index (κ2) is 7.38. The lowest BCUT2D eigenvalue weighted by molar-refractivity contribution is -0.140. The number of benzene rings is 1. The van der Waals surface area contributed by atoms with Crippen molar-refractivity contribution in [3.05, 3.63) is 34.9 Å². The lowest BCUT2D eigenvalue weighted by atomic mass is 9.82. The number of imide groups is 1. The molecule has 1 spiro atoms. The van der Waals surface area contributed by atoms with Gasteiger partial charge >= 0.3 is 12.0 Å². The molecule has 3 rings (SSSR count). The summed E-state index contributed by atoms with van der Waals surface area (Å²) in [6.07, 6.45) is 3.84. The molecule has 0 bridgehead atoms. The van der Waals surface area contributed by atoms with Crippen LogP contribution in [0.25, 0.3) is 0 Å². The number of rotatable bonds is 4. The van der Waals surface area contributed by atoms with Gasteiger partial charge in [0.1, 0.15) is 5.54 Å². The van der Waals surface area contributed by atoms with Crippen LogP contribution < -0.4 is 10.7 Å². The van der Waals surface area contributed by atoms with Gasteiger partial charge in [-0.05, 0) is 43.9 Å². The van der Waals surface area contributed by atoms with Crippen molar-refractivity contribution in [2.24, 2.45) is 0 Å². The first-order valence-electron chi connectivity index (χ1n) is 9.03. The quantitative estimate of drug-likeness (QED) is 0.618. The highest BCUT2D eigenvalue weighted by atomic mass is 16.5. The fourth-order valence-electron chi connectivity index (χ4n) is 3.55. The number of aryl methyl sites for hydroxylation is 1. The van der Waals surface area contributed by atoms with E-state index in [4.69, 9.17) is 4.74 Å². The van der Waals surface area contributed by atoms with E-state index in [0.717, 1.165) is 30.4 Å². The fourth-order valence-corrected chi connectivity index (χ4v) is 3.55. The van der Waals surface area contributed by atoms with Crippen molar-refractivity contribution < 1.29 is 23.9 Å². The minimum Gasteiger partial charge on any atom is -0.452 e. The summed E-state index contributed by atoms with van der Waals surface area (Å²) in [6.45, 7) is 3.08. The molecule has 0 radical (unpaired) electrons. The standard InChI is InChI=1S/C19H23N3O5/c1-12-7-6-8-14(13(12)2)16(24)27-11-15(23)21-22-17(25)19(20-18(22)26)9-4-3-5-10-19/h6-8H,3-5,9-11H2,1-2H3,(H,20,26)(H,21,23). The van der Waals surface area contributed by atoms with Crippen LogP contribution in [0, 0.1) is 13.8 Å². The van der Waals surface area contributed by atoms with Gasteiger partial charge in [0.25, 0.3) is 11.8 Å². The molecule has 2 fully saturated rings. The highest BCUT2D eigenvalue weighted by Gasteiger charge is 2.52. The van der Waals surface area contributed by atoms with Gasteiger partial charge in [0.2, 0.25) is 0 Å². The molecule has 1 heterocycles. The van der Waals surface area contributed by atoms with Crippen molar-refractivity contribution >= 4 is 23.8 Å². The van der Waals surface area contributed by atoms with Crippen LogP contribution in [-0.4, -0.2) is 41.0 Å². The van der Waals surface area contributed by atoms with Gasteiger partial charge in [0, 0.05) is 0 Å². The van der Waals surface area contributed by atoms with Crippen LogP contribution >= 0.6 is 0 Å². The van der Waals surface area contributed by atoms with E-state index in [0.29, 0.717) is 23.4 Å². The topological polar surface area (TPSA) is 105 Å². The zero-order valence-electron chi connectivity index (χ0n) is 15.5. The third kappa shape index (κ3) is 3.65. The van der Waals surface area contributed by atoms with Gasteiger partial charge in [-0.25, -0.2) is 9.59 Å². The summed E-state index contributed by atoms with van der Waals surface area (Å²) in [5, 5.41) is 3.39. The van der Waals surface area contributed by atoms with Crippen molar-refractivity contribution in [3.63, 3.8) is 0 Å². The van der Waals surface area contributed by atoms with Crippen LogP contribution in [-0.2, 0) is 14.3 Å². The molecule has 4 amide bonds. The molecule has 2 N–H and O–H groups in total. The zero-order valence-corrected chi connectivity index (χ0v) is 15.5. The minimum atomic E-state index is -0.919. The van der Waals surface area contributed by atoms with Crippen LogP contribution in [0.1, 0.15) is 53.6 Å². The van der Waals surface area contributed by atoms with Crippen molar-refractivity contribution in [1.82, 2.24) is 15.8 Å². The number of carbonyl (C=O) groups is 4. The third-order valence-electron chi connectivity index (χ3n) is 5.26. The second-order valence-electron chi connectivity index (χ2n) is 7.07. The number of hydrogen-bond acceptors (Lipinski definition) is 5. The van der Waals surface area contributed by atoms with Crippen LogP contribution in [0.2, 0.25) is 0 Å². The first kappa shape index (κ1) is 18.9. The first-order valence-corrected chi connectivity index (χ1v) is 9.03. The summed E-state index contributed by atoms with van der Waals surface area (Å²) in [5.41, 5.74) is 3.40. The van der Waals surface area contributed by atoms with E-state index in [1.807, 2.05) is 13.0 Å². The maximum Gasteiger partial charge on any atom is 0.344 e. The first-order chi connectivity index (χ1) is 12.8. The molecule has 2 aliphatic rings. The second-order valence-corrected chi connectivity index (χ2v) is 7.07. The molecule has 27 heavy (non-hydrogen) atoms. The molecule has 1 aliphatic heterocycles. The van der Waals surface area contributed by atoms with E-state index in [-0.39, 0.29) is 0 Å². The van der Waals surface area contributed by atoms with E-state index in [1.54, 1.807) is 19.1 Å². The Morgan fingerprint density at radius 1 is 1.19 bits per heavy atom. The number of nitrogens with zero attached hydrogens (tertiary/aromatic N) is 1. The van der Waals surface area contributed by atoms with Gasteiger partial charge in [-0.2, -0.15) is 5.01 Å². The molecule has 8 nitrogen and oxygen atoms in total. The number of hydrogen-bond donors (Lipinski definition) is 2. The summed E-state index contributed by atoms with van der Waals surface area (Å²) in [6, 6.07) is 4.57. The lowest BCUT2D eigenvalue weighted by Gasteiger charge is -2.30. The van der Waals surface area contributed by atoms with E-state index in [2.05, 4.69) is 10.7 Å². The largest absolute Gasteiger partial charge is 0.452 e. The highest BCUT2D eigenvalue weighted by Crippen LogP contribution is 2.32. The van der Waals surface area contributed by atoms with E-state index >= 15 is 0 Å². The molecule has 1 aromatic carbocycles. The number of ether oxygens (including phenoxy) is 1. The van der Waals surface area contributed by atoms with Crippen molar-refractivity contribution in [2.75, 3.05) is 6.61 Å². The average Bonchev–Trinajstić information content (AvgIpc) is 2.86. The van der Waals surface area contributed by atoms with Crippen molar-refractivity contribution in [1.29, 1.82) is 0 Å². The predicted octanol–water partition coefficient (Wildman–Crippen LogP) is 1.75. The van der Waals surface area contributed by atoms with E-state index < -0.39 is 36.0 Å². The van der Waals surface area contributed by atoms with Crippen LogP contribution in [0.5, 0.6) is 0 Å². The minimum absolute atomic E-state index is 0.374. The Labute approximate surface area is 157 Å². The highest BCUT2D eigenvalue weighted by molar-refractivity contribution is 6.08. The SMILES string of the molecule is Cc1cccc(C(=O)OCC(=O)NN2C(=O)NC3(CCCCC3)C2=O)c1C. The van der Waals surface area contributed by atoms with Crippen molar-refractivity contribution in [2.45, 2.75) is 51.5 Å². The Morgan fingerprint density at radius 2 is 1.89 bits per heavy atom. The van der Waals surface area contributed by atoms with Crippen LogP contribution in [0.15, 0.2) is 18.2 Å². The van der Waals surface area contributed by atoms with E-state index in [9.17, 15) is 19.2 Å². The molecule has 144 valence electrons. The fraction of sp³-hybridized carbons (Fsp3) is 0.474. The number of amides is 4. The normalized spacial score (nSPS) is 18.4. The predicted molar refractivity (Wildman–Crippen MR) is 95.5 cm³/mol. The smallest absolute Gasteiger partial charge is 0.344 e. The maximum atomic E-state index is 12.6. The number of esters is 1. The molecule has 1 saturated heterocycles. The Morgan fingerprint density at radius 3 is 2.59 bits per heavy atom. The Hall–Kier alpha value is -2.90. The number of carbonyl (C=O) groups excluding carboxylic acids is 4. The molecule has 0 aromatic heterocycles. The summed E-state index contributed by atoms with van der Waals surface area (Å²) in [4.78, 5) is 49.0. The van der Waals surface area contributed by atoms with E-state index in [1.165, 1.54) is 0 Å². The third-order valence-corrected chi connectivity index (χ3v) is 5.26. The Bertz CT molecular complexity index is 799. The molecule has 0 unspecified atom stereocenters. The van der Waals surface area contributed by atoms with Gasteiger partial charge in [-0.15, -0.1) is 0 Å². The van der Waals surface area contributed by atoms with Gasteiger partial charge in [0.15, 0.2) is 6.61 Å². The summed E-state index contributed by atoms with van der Waals surface area (Å²) >= 11 is 0. The molecule has 1 aliphatic carbocycles. The molecule has 0 atom stereocenters. The van der Waals surface area contributed by atoms with Crippen molar-refractivity contribution in [3.8, 4) is 0 Å². The zero-order chi connectivity index (χ0) is 19.6. The van der Waals surface area contributed by atoms with Crippen LogP contribution in [0.4, 0.5) is 4.79 Å². The summed E-state index contributed by atoms with van der Waals surface area (Å²) in [7, 11) is 0. The molecular weight excluding hydrogens is 350 g/mol. The van der Waals surface area contributed by atoms with Gasteiger partial charge in [-0.3, -0.25) is 15.0 Å². The van der Waals surface area contributed by atoms with Crippen LogP contribution in [0.3, 0.4) is 0 Å².